The van der Waals surface area contributed by atoms with Crippen LogP contribution in [-0.4, -0.2) is 11.1 Å². The summed E-state index contributed by atoms with van der Waals surface area (Å²) in [5.74, 6) is 4.09. The van der Waals surface area contributed by atoms with E-state index in [1.54, 1.807) is 0 Å². The zero-order valence-corrected chi connectivity index (χ0v) is 6.24. The van der Waals surface area contributed by atoms with E-state index in [1.807, 2.05) is 0 Å². The Morgan fingerprint density at radius 2 is 2.17 bits per heavy atom. The number of benzene rings is 1. The standard InChI is InChI=1S/C7H9N3O2/c8-5-3-4(7(11)12)1-2-6(5)10-9/h1-3,10H,8-9H2,(H,11,12). The molecular weight excluding hydrogens is 158 g/mol. The minimum Gasteiger partial charge on any atom is -0.478 e. The van der Waals surface area contributed by atoms with Gasteiger partial charge in [0.15, 0.2) is 0 Å². The monoisotopic (exact) mass is 167 g/mol. The minimum atomic E-state index is -1.01. The maximum absolute atomic E-state index is 10.4. The number of nitrogens with two attached hydrogens (primary N) is 2. The second kappa shape index (κ2) is 3.10. The summed E-state index contributed by atoms with van der Waals surface area (Å²) >= 11 is 0. The van der Waals surface area contributed by atoms with Crippen molar-refractivity contribution in [2.24, 2.45) is 5.84 Å². The molecule has 0 bridgehead atoms. The Kier molecular flexibility index (Phi) is 2.16. The van der Waals surface area contributed by atoms with Crippen LogP contribution in [0.5, 0.6) is 0 Å². The van der Waals surface area contributed by atoms with Gasteiger partial charge in [-0.05, 0) is 18.2 Å². The summed E-state index contributed by atoms with van der Waals surface area (Å²) in [6.07, 6.45) is 0. The molecule has 0 spiro atoms. The zero-order chi connectivity index (χ0) is 9.14. The summed E-state index contributed by atoms with van der Waals surface area (Å²) in [6.45, 7) is 0. The summed E-state index contributed by atoms with van der Waals surface area (Å²) in [5.41, 5.74) is 8.78. The Morgan fingerprint density at radius 3 is 2.58 bits per heavy atom. The Hall–Kier alpha value is -1.75. The van der Waals surface area contributed by atoms with Crippen LogP contribution in [-0.2, 0) is 0 Å². The number of anilines is 2. The number of hydrogen-bond donors (Lipinski definition) is 4. The van der Waals surface area contributed by atoms with Gasteiger partial charge in [-0.1, -0.05) is 0 Å². The van der Waals surface area contributed by atoms with Crippen molar-refractivity contribution < 1.29 is 9.90 Å². The van der Waals surface area contributed by atoms with E-state index in [4.69, 9.17) is 16.7 Å². The topological polar surface area (TPSA) is 101 Å². The molecule has 5 nitrogen and oxygen atoms in total. The second-order valence-corrected chi connectivity index (χ2v) is 2.25. The molecule has 0 heterocycles. The molecule has 0 unspecified atom stereocenters. The molecule has 0 saturated carbocycles. The number of aromatic carboxylic acids is 1. The first-order chi connectivity index (χ1) is 5.65. The van der Waals surface area contributed by atoms with Gasteiger partial charge >= 0.3 is 5.97 Å². The number of nitrogen functional groups attached to an aromatic ring is 2. The van der Waals surface area contributed by atoms with Gasteiger partial charge in [0.1, 0.15) is 0 Å². The van der Waals surface area contributed by atoms with Gasteiger partial charge in [-0.2, -0.15) is 0 Å². The molecule has 0 aromatic heterocycles. The highest BCUT2D eigenvalue weighted by molar-refractivity contribution is 5.90. The molecule has 0 fully saturated rings. The Morgan fingerprint density at radius 1 is 1.50 bits per heavy atom. The lowest BCUT2D eigenvalue weighted by Gasteiger charge is -2.04. The van der Waals surface area contributed by atoms with Crippen molar-refractivity contribution in [2.45, 2.75) is 0 Å². The summed E-state index contributed by atoms with van der Waals surface area (Å²) in [5, 5.41) is 8.57. The maximum atomic E-state index is 10.4. The lowest BCUT2D eigenvalue weighted by atomic mass is 10.2. The van der Waals surface area contributed by atoms with E-state index >= 15 is 0 Å². The third-order valence-electron chi connectivity index (χ3n) is 1.45. The van der Waals surface area contributed by atoms with Crippen molar-refractivity contribution in [2.75, 3.05) is 11.2 Å². The molecule has 0 amide bonds. The predicted octanol–water partition coefficient (Wildman–Crippen LogP) is 0.253. The smallest absolute Gasteiger partial charge is 0.335 e. The SMILES string of the molecule is NNc1ccc(C(=O)O)cc1N. The fraction of sp³-hybridized carbons (Fsp3) is 0. The second-order valence-electron chi connectivity index (χ2n) is 2.25. The number of carboxylic acid groups (broad SMARTS) is 1. The lowest BCUT2D eigenvalue weighted by molar-refractivity contribution is 0.0697. The van der Waals surface area contributed by atoms with Crippen LogP contribution in [0.4, 0.5) is 11.4 Å². The number of rotatable bonds is 2. The number of nitrogens with one attached hydrogen (secondary N) is 1. The lowest BCUT2D eigenvalue weighted by Crippen LogP contribution is -2.09. The highest BCUT2D eigenvalue weighted by atomic mass is 16.4. The van der Waals surface area contributed by atoms with Crippen molar-refractivity contribution in [3.63, 3.8) is 0 Å². The van der Waals surface area contributed by atoms with Gasteiger partial charge in [0.2, 0.25) is 0 Å². The van der Waals surface area contributed by atoms with Gasteiger partial charge in [-0.25, -0.2) is 4.79 Å². The van der Waals surface area contributed by atoms with E-state index < -0.39 is 5.97 Å². The molecule has 0 aliphatic heterocycles. The fourth-order valence-corrected chi connectivity index (χ4v) is 0.827. The number of carbonyl (C=O) groups is 1. The quantitative estimate of drug-likeness (QED) is 0.287. The zero-order valence-electron chi connectivity index (χ0n) is 6.24. The molecule has 0 radical (unpaired) electrons. The van der Waals surface area contributed by atoms with Gasteiger partial charge in [-0.3, -0.25) is 5.84 Å². The Bertz CT molecular complexity index is 312. The average molecular weight is 167 g/mol. The van der Waals surface area contributed by atoms with Crippen LogP contribution in [0.3, 0.4) is 0 Å². The molecule has 0 aliphatic rings. The number of carboxylic acids is 1. The molecule has 1 aromatic carbocycles. The normalized spacial score (nSPS) is 9.42. The first kappa shape index (κ1) is 8.35. The number of hydrogen-bond acceptors (Lipinski definition) is 4. The maximum Gasteiger partial charge on any atom is 0.335 e. The van der Waals surface area contributed by atoms with E-state index in [0.29, 0.717) is 11.4 Å². The van der Waals surface area contributed by atoms with E-state index in [-0.39, 0.29) is 5.56 Å². The van der Waals surface area contributed by atoms with E-state index in [2.05, 4.69) is 5.43 Å². The number of hydrazine groups is 1. The predicted molar refractivity (Wildman–Crippen MR) is 45.6 cm³/mol. The van der Waals surface area contributed by atoms with Gasteiger partial charge in [-0.15, -0.1) is 0 Å². The van der Waals surface area contributed by atoms with Gasteiger partial charge < -0.3 is 16.3 Å². The van der Waals surface area contributed by atoms with Gasteiger partial charge in [0.05, 0.1) is 16.9 Å². The fourth-order valence-electron chi connectivity index (χ4n) is 0.827. The molecule has 1 aromatic rings. The molecule has 1 rings (SSSR count). The van der Waals surface area contributed by atoms with Crippen LogP contribution in [0.15, 0.2) is 18.2 Å². The van der Waals surface area contributed by atoms with Crippen molar-refractivity contribution in [3.05, 3.63) is 23.8 Å². The highest BCUT2D eigenvalue weighted by Gasteiger charge is 2.04. The first-order valence-corrected chi connectivity index (χ1v) is 3.24. The Labute approximate surface area is 69.0 Å². The van der Waals surface area contributed by atoms with Crippen molar-refractivity contribution in [1.82, 2.24) is 0 Å². The summed E-state index contributed by atoms with van der Waals surface area (Å²) in [6, 6.07) is 4.28. The molecule has 0 aliphatic carbocycles. The molecular formula is C7H9N3O2. The van der Waals surface area contributed by atoms with Crippen LogP contribution in [0, 0.1) is 0 Å². The third-order valence-corrected chi connectivity index (χ3v) is 1.45. The molecule has 0 atom stereocenters. The van der Waals surface area contributed by atoms with E-state index in [0.717, 1.165) is 0 Å². The van der Waals surface area contributed by atoms with Crippen molar-refractivity contribution >= 4 is 17.3 Å². The summed E-state index contributed by atoms with van der Waals surface area (Å²) < 4.78 is 0. The van der Waals surface area contributed by atoms with Crippen LogP contribution in [0.2, 0.25) is 0 Å². The van der Waals surface area contributed by atoms with Crippen LogP contribution in [0.1, 0.15) is 10.4 Å². The van der Waals surface area contributed by atoms with Crippen molar-refractivity contribution in [1.29, 1.82) is 0 Å². The molecule has 64 valence electrons. The van der Waals surface area contributed by atoms with Crippen LogP contribution in [0.25, 0.3) is 0 Å². The van der Waals surface area contributed by atoms with Gasteiger partial charge in [0.25, 0.3) is 0 Å². The molecule has 6 N–H and O–H groups in total. The van der Waals surface area contributed by atoms with Crippen LogP contribution < -0.4 is 17.0 Å². The van der Waals surface area contributed by atoms with Gasteiger partial charge in [0, 0.05) is 0 Å². The van der Waals surface area contributed by atoms with E-state index in [1.165, 1.54) is 18.2 Å². The minimum absolute atomic E-state index is 0.145. The third kappa shape index (κ3) is 1.46. The van der Waals surface area contributed by atoms with Crippen molar-refractivity contribution in [3.8, 4) is 0 Å². The Balaban J connectivity index is 3.10. The first-order valence-electron chi connectivity index (χ1n) is 3.24. The average Bonchev–Trinajstić information content (AvgIpc) is 2.04. The van der Waals surface area contributed by atoms with E-state index in [9.17, 15) is 4.79 Å². The summed E-state index contributed by atoms with van der Waals surface area (Å²) in [7, 11) is 0. The van der Waals surface area contributed by atoms with Crippen LogP contribution >= 0.6 is 0 Å². The largest absolute Gasteiger partial charge is 0.478 e. The highest BCUT2D eigenvalue weighted by Crippen LogP contribution is 2.18. The molecule has 5 heteroatoms. The summed E-state index contributed by atoms with van der Waals surface area (Å²) in [4.78, 5) is 10.4. The molecule has 12 heavy (non-hydrogen) atoms. The molecule has 0 saturated heterocycles.